The summed E-state index contributed by atoms with van der Waals surface area (Å²) in [4.78, 5) is 36.0. The summed E-state index contributed by atoms with van der Waals surface area (Å²) in [5.41, 5.74) is 1.24. The molecule has 2 rings (SSSR count). The molecular weight excluding hydrogens is 414 g/mol. The van der Waals surface area contributed by atoms with Crippen LogP contribution in [0.4, 0.5) is 10.5 Å². The molecule has 0 spiro atoms. The number of ether oxygens (including phenoxy) is 3. The van der Waals surface area contributed by atoms with E-state index in [1.54, 1.807) is 63.2 Å². The zero-order valence-electron chi connectivity index (χ0n) is 18.9. The molecule has 0 fully saturated rings. The molecule has 9 heteroatoms. The van der Waals surface area contributed by atoms with E-state index in [0.717, 1.165) is 5.56 Å². The van der Waals surface area contributed by atoms with E-state index in [1.807, 2.05) is 0 Å². The fourth-order valence-electron chi connectivity index (χ4n) is 2.62. The number of hydrogen-bond acceptors (Lipinski definition) is 6. The van der Waals surface area contributed by atoms with E-state index in [-0.39, 0.29) is 24.9 Å². The molecule has 2 aromatic rings. The standard InChI is InChI=1S/C23H29N3O6/c1-23(2,3)32-22(29)25-14-20(27)24-13-15-6-9-17(10-7-15)26-21(28)16-8-11-18(30-4)19(12-16)31-5/h6-12H,13-14H2,1-5H3,(H,24,27)(H,25,29)(H,26,28). The van der Waals surface area contributed by atoms with Crippen LogP contribution in [0.1, 0.15) is 36.7 Å². The number of nitrogens with one attached hydrogen (secondary N) is 3. The second-order valence-electron chi connectivity index (χ2n) is 7.85. The maximum Gasteiger partial charge on any atom is 0.408 e. The van der Waals surface area contributed by atoms with Crippen LogP contribution in [0.3, 0.4) is 0 Å². The zero-order valence-corrected chi connectivity index (χ0v) is 18.9. The zero-order chi connectivity index (χ0) is 23.7. The molecule has 0 radical (unpaired) electrons. The van der Waals surface area contributed by atoms with E-state index >= 15 is 0 Å². The summed E-state index contributed by atoms with van der Waals surface area (Å²) >= 11 is 0. The number of amides is 3. The summed E-state index contributed by atoms with van der Waals surface area (Å²) in [6.45, 7) is 5.32. The molecular formula is C23H29N3O6. The summed E-state index contributed by atoms with van der Waals surface area (Å²) in [6.07, 6.45) is -0.651. The summed E-state index contributed by atoms with van der Waals surface area (Å²) < 4.78 is 15.5. The van der Waals surface area contributed by atoms with E-state index in [1.165, 1.54) is 14.2 Å². The van der Waals surface area contributed by atoms with E-state index < -0.39 is 11.7 Å². The van der Waals surface area contributed by atoms with E-state index in [2.05, 4.69) is 16.0 Å². The number of carbonyl (C=O) groups excluding carboxylic acids is 3. The molecule has 172 valence electrons. The molecule has 0 heterocycles. The summed E-state index contributed by atoms with van der Waals surface area (Å²) in [6, 6.07) is 11.9. The van der Waals surface area contributed by atoms with Crippen LogP contribution in [0.25, 0.3) is 0 Å². The number of rotatable bonds is 8. The first-order chi connectivity index (χ1) is 15.1. The smallest absolute Gasteiger partial charge is 0.408 e. The molecule has 9 nitrogen and oxygen atoms in total. The molecule has 0 aromatic heterocycles. The fraction of sp³-hybridized carbons (Fsp3) is 0.348. The third-order valence-electron chi connectivity index (χ3n) is 4.14. The molecule has 3 amide bonds. The topological polar surface area (TPSA) is 115 Å². The minimum atomic E-state index is -0.651. The monoisotopic (exact) mass is 443 g/mol. The molecule has 0 saturated heterocycles. The molecule has 0 atom stereocenters. The van der Waals surface area contributed by atoms with E-state index in [9.17, 15) is 14.4 Å². The maximum absolute atomic E-state index is 12.5. The number of anilines is 1. The second kappa shape index (κ2) is 11.0. The normalized spacial score (nSPS) is 10.7. The molecule has 0 unspecified atom stereocenters. The summed E-state index contributed by atoms with van der Waals surface area (Å²) in [5, 5.41) is 7.91. The minimum Gasteiger partial charge on any atom is -0.493 e. The van der Waals surface area contributed by atoms with Crippen molar-refractivity contribution < 1.29 is 28.6 Å². The predicted molar refractivity (Wildman–Crippen MR) is 120 cm³/mol. The predicted octanol–water partition coefficient (Wildman–Crippen LogP) is 3.10. The third-order valence-corrected chi connectivity index (χ3v) is 4.14. The Hall–Kier alpha value is -3.75. The molecule has 0 saturated carbocycles. The van der Waals surface area contributed by atoms with Crippen molar-refractivity contribution in [3.05, 3.63) is 53.6 Å². The van der Waals surface area contributed by atoms with Crippen LogP contribution in [-0.4, -0.2) is 44.3 Å². The average molecular weight is 444 g/mol. The van der Waals surface area contributed by atoms with Crippen molar-refractivity contribution in [1.82, 2.24) is 10.6 Å². The van der Waals surface area contributed by atoms with Gasteiger partial charge >= 0.3 is 6.09 Å². The van der Waals surface area contributed by atoms with Gasteiger partial charge in [-0.25, -0.2) is 4.79 Å². The first-order valence-electron chi connectivity index (χ1n) is 9.97. The van der Waals surface area contributed by atoms with Gasteiger partial charge < -0.3 is 30.2 Å². The van der Waals surface area contributed by atoms with Crippen molar-refractivity contribution in [3.8, 4) is 11.5 Å². The van der Waals surface area contributed by atoms with Crippen LogP contribution in [-0.2, 0) is 16.1 Å². The summed E-state index contributed by atoms with van der Waals surface area (Å²) in [5.74, 6) is 0.367. The van der Waals surface area contributed by atoms with Crippen LogP contribution < -0.4 is 25.4 Å². The van der Waals surface area contributed by atoms with Crippen LogP contribution in [0.15, 0.2) is 42.5 Å². The highest BCUT2D eigenvalue weighted by Crippen LogP contribution is 2.27. The van der Waals surface area contributed by atoms with Crippen molar-refractivity contribution in [2.75, 3.05) is 26.1 Å². The van der Waals surface area contributed by atoms with Gasteiger partial charge in [0.15, 0.2) is 11.5 Å². The Morgan fingerprint density at radius 2 is 1.53 bits per heavy atom. The Labute approximate surface area is 187 Å². The minimum absolute atomic E-state index is 0.186. The first-order valence-corrected chi connectivity index (χ1v) is 9.97. The lowest BCUT2D eigenvalue weighted by Crippen LogP contribution is -2.39. The fourth-order valence-corrected chi connectivity index (χ4v) is 2.62. The Kier molecular flexibility index (Phi) is 8.46. The lowest BCUT2D eigenvalue weighted by atomic mass is 10.1. The average Bonchev–Trinajstić information content (AvgIpc) is 2.75. The second-order valence-corrected chi connectivity index (χ2v) is 7.85. The van der Waals surface area contributed by atoms with Gasteiger partial charge in [0.25, 0.3) is 5.91 Å². The molecule has 32 heavy (non-hydrogen) atoms. The quantitative estimate of drug-likeness (QED) is 0.578. The van der Waals surface area contributed by atoms with Crippen LogP contribution in [0.2, 0.25) is 0 Å². The Morgan fingerprint density at radius 1 is 0.875 bits per heavy atom. The van der Waals surface area contributed by atoms with Gasteiger partial charge in [0, 0.05) is 17.8 Å². The van der Waals surface area contributed by atoms with E-state index in [0.29, 0.717) is 22.7 Å². The van der Waals surface area contributed by atoms with Gasteiger partial charge in [-0.15, -0.1) is 0 Å². The van der Waals surface area contributed by atoms with Gasteiger partial charge in [-0.05, 0) is 56.7 Å². The lowest BCUT2D eigenvalue weighted by Gasteiger charge is -2.19. The third kappa shape index (κ3) is 7.82. The highest BCUT2D eigenvalue weighted by Gasteiger charge is 2.16. The Morgan fingerprint density at radius 3 is 2.12 bits per heavy atom. The van der Waals surface area contributed by atoms with Crippen molar-refractivity contribution in [3.63, 3.8) is 0 Å². The van der Waals surface area contributed by atoms with Gasteiger partial charge in [0.2, 0.25) is 5.91 Å². The van der Waals surface area contributed by atoms with E-state index in [4.69, 9.17) is 14.2 Å². The highest BCUT2D eigenvalue weighted by atomic mass is 16.6. The van der Waals surface area contributed by atoms with Gasteiger partial charge in [0.1, 0.15) is 12.1 Å². The SMILES string of the molecule is COc1ccc(C(=O)Nc2ccc(CNC(=O)CNC(=O)OC(C)(C)C)cc2)cc1OC. The number of benzene rings is 2. The van der Waals surface area contributed by atoms with Crippen LogP contribution >= 0.6 is 0 Å². The van der Waals surface area contributed by atoms with Crippen molar-refractivity contribution in [1.29, 1.82) is 0 Å². The van der Waals surface area contributed by atoms with Gasteiger partial charge in [0.05, 0.1) is 14.2 Å². The highest BCUT2D eigenvalue weighted by molar-refractivity contribution is 6.04. The molecule has 3 N–H and O–H groups in total. The number of carbonyl (C=O) groups is 3. The number of methoxy groups -OCH3 is 2. The van der Waals surface area contributed by atoms with Crippen LogP contribution in [0.5, 0.6) is 11.5 Å². The molecule has 0 aliphatic heterocycles. The first kappa shape index (κ1) is 24.5. The largest absolute Gasteiger partial charge is 0.493 e. The van der Waals surface area contributed by atoms with Gasteiger partial charge in [-0.2, -0.15) is 0 Å². The molecule has 2 aromatic carbocycles. The van der Waals surface area contributed by atoms with Gasteiger partial charge in [-0.3, -0.25) is 9.59 Å². The number of hydrogen-bond donors (Lipinski definition) is 3. The Balaban J connectivity index is 1.83. The molecule has 0 aliphatic rings. The van der Waals surface area contributed by atoms with Crippen LogP contribution in [0, 0.1) is 0 Å². The van der Waals surface area contributed by atoms with Crippen molar-refractivity contribution >= 4 is 23.6 Å². The molecule has 0 aliphatic carbocycles. The Bertz CT molecular complexity index is 951. The van der Waals surface area contributed by atoms with Gasteiger partial charge in [-0.1, -0.05) is 12.1 Å². The van der Waals surface area contributed by atoms with Crippen molar-refractivity contribution in [2.24, 2.45) is 0 Å². The maximum atomic E-state index is 12.5. The summed E-state index contributed by atoms with van der Waals surface area (Å²) in [7, 11) is 3.03. The van der Waals surface area contributed by atoms with Crippen molar-refractivity contribution in [2.45, 2.75) is 32.9 Å². The lowest BCUT2D eigenvalue weighted by molar-refractivity contribution is -0.120. The molecule has 0 bridgehead atoms. The number of alkyl carbamates (subject to hydrolysis) is 1.